The molecular weight excluding hydrogens is 464 g/mol. The van der Waals surface area contributed by atoms with Gasteiger partial charge in [-0.05, 0) is 63.5 Å². The van der Waals surface area contributed by atoms with Crippen molar-refractivity contribution in [3.05, 3.63) is 0 Å². The van der Waals surface area contributed by atoms with Crippen molar-refractivity contribution in [2.45, 2.75) is 75.5 Å². The largest absolute Gasteiger partial charge is 0.480 e. The zero-order valence-corrected chi connectivity index (χ0v) is 20.5. The van der Waals surface area contributed by atoms with Crippen molar-refractivity contribution in [1.82, 2.24) is 15.5 Å². The molecule has 0 spiro atoms. The van der Waals surface area contributed by atoms with Gasteiger partial charge in [0.15, 0.2) is 0 Å². The molecule has 9 N–H and O–H groups in total. The number of carbonyl (C=O) groups is 5. The first-order valence-corrected chi connectivity index (χ1v) is 12.9. The molecule has 1 fully saturated rings. The van der Waals surface area contributed by atoms with Crippen molar-refractivity contribution in [2.75, 3.05) is 25.1 Å². The fourth-order valence-electron chi connectivity index (χ4n) is 3.72. The Morgan fingerprint density at radius 2 is 1.74 bits per heavy atom. The molecule has 4 atom stereocenters. The molecule has 194 valence electrons. The number of carbonyl (C=O) groups excluding carboxylic acids is 4. The van der Waals surface area contributed by atoms with Crippen molar-refractivity contribution in [2.24, 2.45) is 17.2 Å². The number of hydrogen-bond acceptors (Lipinski definition) is 8. The number of hydrogen-bond donors (Lipinski definition) is 6. The first kappa shape index (κ1) is 29.7. The van der Waals surface area contributed by atoms with Gasteiger partial charge in [0.05, 0.1) is 6.04 Å². The highest BCUT2D eigenvalue weighted by molar-refractivity contribution is 7.98. The van der Waals surface area contributed by atoms with E-state index in [0.717, 1.165) is 0 Å². The van der Waals surface area contributed by atoms with E-state index in [0.29, 0.717) is 44.4 Å². The van der Waals surface area contributed by atoms with Crippen LogP contribution in [0.3, 0.4) is 0 Å². The van der Waals surface area contributed by atoms with Crippen LogP contribution < -0.4 is 27.8 Å². The molecule has 12 nitrogen and oxygen atoms in total. The number of carboxylic acids is 1. The number of aliphatic carboxylic acids is 1. The van der Waals surface area contributed by atoms with Crippen LogP contribution in [0.25, 0.3) is 0 Å². The molecule has 0 saturated carbocycles. The van der Waals surface area contributed by atoms with Crippen LogP contribution >= 0.6 is 11.8 Å². The van der Waals surface area contributed by atoms with Gasteiger partial charge >= 0.3 is 5.97 Å². The minimum Gasteiger partial charge on any atom is -0.480 e. The van der Waals surface area contributed by atoms with Gasteiger partial charge in [-0.2, -0.15) is 11.8 Å². The summed E-state index contributed by atoms with van der Waals surface area (Å²) in [6.45, 7) is 0.687. The highest BCUT2D eigenvalue weighted by atomic mass is 32.2. The molecule has 1 rings (SSSR count). The average molecular weight is 503 g/mol. The van der Waals surface area contributed by atoms with Crippen LogP contribution in [-0.4, -0.2) is 88.9 Å². The summed E-state index contributed by atoms with van der Waals surface area (Å²) in [5.41, 5.74) is 16.6. The fraction of sp³-hybridized carbons (Fsp3) is 0.762. The smallest absolute Gasteiger partial charge is 0.326 e. The highest BCUT2D eigenvalue weighted by Crippen LogP contribution is 2.20. The molecule has 34 heavy (non-hydrogen) atoms. The number of carboxylic acid groups (broad SMARTS) is 1. The molecule has 1 aliphatic rings. The standard InChI is InChI=1S/C21H38N6O6S/c1-34-12-9-13(23)18(29)25-14(7-8-17(24)28)19(30)26-15(5-2-3-10-22)20(31)27-11-4-6-16(27)21(32)33/h13-16H,2-12,22-23H2,1H3,(H2,24,28)(H,25,29)(H,26,30)(H,32,33). The summed E-state index contributed by atoms with van der Waals surface area (Å²) in [5.74, 6) is -2.78. The lowest BCUT2D eigenvalue weighted by Crippen LogP contribution is -2.57. The number of nitrogens with two attached hydrogens (primary N) is 3. The van der Waals surface area contributed by atoms with E-state index in [2.05, 4.69) is 10.6 Å². The van der Waals surface area contributed by atoms with E-state index in [1.165, 1.54) is 16.7 Å². The topological polar surface area (TPSA) is 211 Å². The Labute approximate surface area is 204 Å². The van der Waals surface area contributed by atoms with E-state index in [-0.39, 0.29) is 25.8 Å². The summed E-state index contributed by atoms with van der Waals surface area (Å²) >= 11 is 1.53. The van der Waals surface area contributed by atoms with Crippen molar-refractivity contribution in [1.29, 1.82) is 0 Å². The normalized spacial score (nSPS) is 18.1. The maximum Gasteiger partial charge on any atom is 0.326 e. The average Bonchev–Trinajstić information content (AvgIpc) is 3.29. The molecule has 0 aromatic rings. The maximum atomic E-state index is 13.2. The summed E-state index contributed by atoms with van der Waals surface area (Å²) < 4.78 is 0. The number of amides is 4. The Morgan fingerprint density at radius 1 is 1.06 bits per heavy atom. The molecule has 0 aliphatic carbocycles. The van der Waals surface area contributed by atoms with Crippen LogP contribution in [0.1, 0.15) is 51.4 Å². The molecule has 13 heteroatoms. The minimum atomic E-state index is -1.13. The second-order valence-corrected chi connectivity index (χ2v) is 9.31. The van der Waals surface area contributed by atoms with Gasteiger partial charge in [-0.3, -0.25) is 19.2 Å². The Kier molecular flexibility index (Phi) is 13.5. The maximum absolute atomic E-state index is 13.2. The zero-order valence-electron chi connectivity index (χ0n) is 19.7. The first-order chi connectivity index (χ1) is 16.1. The van der Waals surface area contributed by atoms with Gasteiger partial charge in [0.25, 0.3) is 0 Å². The molecule has 0 aromatic heterocycles. The van der Waals surface area contributed by atoms with Crippen LogP contribution in [0.15, 0.2) is 0 Å². The second-order valence-electron chi connectivity index (χ2n) is 8.33. The lowest BCUT2D eigenvalue weighted by atomic mass is 10.0. The summed E-state index contributed by atoms with van der Waals surface area (Å²) in [4.78, 5) is 62.8. The van der Waals surface area contributed by atoms with Gasteiger partial charge in [-0.1, -0.05) is 0 Å². The van der Waals surface area contributed by atoms with E-state index in [9.17, 15) is 29.1 Å². The van der Waals surface area contributed by atoms with Gasteiger partial charge in [-0.15, -0.1) is 0 Å². The van der Waals surface area contributed by atoms with Crippen LogP contribution in [0.4, 0.5) is 0 Å². The number of nitrogens with zero attached hydrogens (tertiary/aromatic N) is 1. The second kappa shape index (κ2) is 15.5. The molecule has 1 aliphatic heterocycles. The molecule has 0 aromatic carbocycles. The molecule has 0 radical (unpaired) electrons. The van der Waals surface area contributed by atoms with E-state index in [1.54, 1.807) is 0 Å². The van der Waals surface area contributed by atoms with E-state index in [4.69, 9.17) is 17.2 Å². The Hall–Kier alpha value is -2.38. The summed E-state index contributed by atoms with van der Waals surface area (Å²) in [7, 11) is 0. The third-order valence-corrected chi connectivity index (χ3v) is 6.31. The number of unbranched alkanes of at least 4 members (excludes halogenated alkanes) is 1. The summed E-state index contributed by atoms with van der Waals surface area (Å²) in [5, 5.41) is 14.6. The number of nitrogens with one attached hydrogen (secondary N) is 2. The predicted octanol–water partition coefficient (Wildman–Crippen LogP) is -1.49. The molecule has 0 bridgehead atoms. The Balaban J connectivity index is 2.98. The third kappa shape index (κ3) is 9.85. The molecule has 4 unspecified atom stereocenters. The molecule has 1 saturated heterocycles. The minimum absolute atomic E-state index is 0.0622. The van der Waals surface area contributed by atoms with E-state index < -0.39 is 53.8 Å². The Bertz CT molecular complexity index is 724. The lowest BCUT2D eigenvalue weighted by Gasteiger charge is -2.29. The summed E-state index contributed by atoms with van der Waals surface area (Å²) in [6, 6.07) is -3.89. The lowest BCUT2D eigenvalue weighted by molar-refractivity contribution is -0.149. The van der Waals surface area contributed by atoms with Crippen molar-refractivity contribution in [3.8, 4) is 0 Å². The summed E-state index contributed by atoms with van der Waals surface area (Å²) in [6.07, 6.45) is 4.38. The van der Waals surface area contributed by atoms with Crippen LogP contribution in [0.2, 0.25) is 0 Å². The van der Waals surface area contributed by atoms with Gasteiger partial charge < -0.3 is 37.8 Å². The van der Waals surface area contributed by atoms with Gasteiger partial charge in [0.1, 0.15) is 18.1 Å². The van der Waals surface area contributed by atoms with Gasteiger partial charge in [0, 0.05) is 13.0 Å². The van der Waals surface area contributed by atoms with E-state index in [1.807, 2.05) is 6.26 Å². The van der Waals surface area contributed by atoms with Crippen molar-refractivity contribution < 1.29 is 29.1 Å². The number of thioether (sulfide) groups is 1. The molecular formula is C21H38N6O6S. The van der Waals surface area contributed by atoms with E-state index >= 15 is 0 Å². The SMILES string of the molecule is CSCCC(N)C(=O)NC(CCC(N)=O)C(=O)NC(CCCCN)C(=O)N1CCCC1C(=O)O. The fourth-order valence-corrected chi connectivity index (χ4v) is 4.21. The Morgan fingerprint density at radius 3 is 2.32 bits per heavy atom. The van der Waals surface area contributed by atoms with Crippen LogP contribution in [0.5, 0.6) is 0 Å². The predicted molar refractivity (Wildman–Crippen MR) is 129 cm³/mol. The quantitative estimate of drug-likeness (QED) is 0.135. The van der Waals surface area contributed by atoms with Crippen LogP contribution in [-0.2, 0) is 24.0 Å². The number of primary amides is 1. The molecule has 4 amide bonds. The third-order valence-electron chi connectivity index (χ3n) is 5.66. The van der Waals surface area contributed by atoms with Gasteiger partial charge in [0.2, 0.25) is 23.6 Å². The highest BCUT2D eigenvalue weighted by Gasteiger charge is 2.38. The van der Waals surface area contributed by atoms with Crippen molar-refractivity contribution >= 4 is 41.4 Å². The van der Waals surface area contributed by atoms with Crippen LogP contribution in [0, 0.1) is 0 Å². The number of likely N-dealkylation sites (tertiary alicyclic amines) is 1. The first-order valence-electron chi connectivity index (χ1n) is 11.5. The molecule has 1 heterocycles. The zero-order chi connectivity index (χ0) is 25.7. The van der Waals surface area contributed by atoms with Gasteiger partial charge in [-0.25, -0.2) is 4.79 Å². The monoisotopic (exact) mass is 502 g/mol. The number of rotatable bonds is 16. The van der Waals surface area contributed by atoms with Crippen molar-refractivity contribution in [3.63, 3.8) is 0 Å².